The van der Waals surface area contributed by atoms with Crippen LogP contribution in [-0.4, -0.2) is 32.0 Å². The number of fused-ring (bicyclic) bond motifs is 1. The molecule has 1 aromatic carbocycles. The van der Waals surface area contributed by atoms with Crippen molar-refractivity contribution < 1.29 is 9.66 Å². The van der Waals surface area contributed by atoms with E-state index in [9.17, 15) is 10.1 Å². The fourth-order valence-corrected chi connectivity index (χ4v) is 2.76. The van der Waals surface area contributed by atoms with Crippen molar-refractivity contribution in [3.05, 3.63) is 65.1 Å². The van der Waals surface area contributed by atoms with E-state index in [1.807, 2.05) is 18.3 Å². The van der Waals surface area contributed by atoms with Gasteiger partial charge < -0.3 is 15.0 Å². The second-order valence-corrected chi connectivity index (χ2v) is 5.63. The van der Waals surface area contributed by atoms with Crippen LogP contribution in [0.25, 0.3) is 22.3 Å². The molecular weight excluding hydrogens is 348 g/mol. The first kappa shape index (κ1) is 16.5. The molecule has 0 aliphatic rings. The van der Waals surface area contributed by atoms with E-state index in [0.717, 1.165) is 16.6 Å². The van der Waals surface area contributed by atoms with Gasteiger partial charge in [-0.15, -0.1) is 0 Å². The Hall–Kier alpha value is -4.01. The zero-order valence-electron chi connectivity index (χ0n) is 14.2. The number of nitro groups is 1. The van der Waals surface area contributed by atoms with Crippen molar-refractivity contribution in [3.63, 3.8) is 0 Å². The lowest BCUT2D eigenvalue weighted by molar-refractivity contribution is -0.384. The maximum absolute atomic E-state index is 11.0. The van der Waals surface area contributed by atoms with Crippen molar-refractivity contribution in [1.82, 2.24) is 19.9 Å². The highest BCUT2D eigenvalue weighted by Gasteiger charge is 2.14. The lowest BCUT2D eigenvalue weighted by Gasteiger charge is -2.10. The molecule has 0 bridgehead atoms. The third-order valence-electron chi connectivity index (χ3n) is 4.02. The summed E-state index contributed by atoms with van der Waals surface area (Å²) in [5, 5.41) is 15.0. The maximum Gasteiger partial charge on any atom is 0.271 e. The first-order valence-corrected chi connectivity index (χ1v) is 8.00. The Kier molecular flexibility index (Phi) is 4.09. The third-order valence-corrected chi connectivity index (χ3v) is 4.02. The number of hydrogen-bond acceptors (Lipinski definition) is 7. The number of nitrogens with one attached hydrogen (secondary N) is 2. The minimum atomic E-state index is -0.471. The Morgan fingerprint density at radius 2 is 2.07 bits per heavy atom. The van der Waals surface area contributed by atoms with Gasteiger partial charge >= 0.3 is 0 Å². The SMILES string of the molecule is COc1ccc([N+](=O)[O-])cc1Nc1nccc(-c2c[nH]c3ncccc23)n1. The maximum atomic E-state index is 11.0. The average molecular weight is 362 g/mol. The molecule has 0 spiro atoms. The summed E-state index contributed by atoms with van der Waals surface area (Å²) in [6.07, 6.45) is 5.16. The number of H-pyrrole nitrogens is 1. The first-order chi connectivity index (χ1) is 13.2. The molecule has 9 heteroatoms. The van der Waals surface area contributed by atoms with Gasteiger partial charge in [0.15, 0.2) is 0 Å². The van der Waals surface area contributed by atoms with Gasteiger partial charge in [-0.1, -0.05) is 0 Å². The van der Waals surface area contributed by atoms with Crippen molar-refractivity contribution in [3.8, 4) is 17.0 Å². The van der Waals surface area contributed by atoms with Gasteiger partial charge in [-0.25, -0.2) is 15.0 Å². The van der Waals surface area contributed by atoms with E-state index in [4.69, 9.17) is 4.74 Å². The van der Waals surface area contributed by atoms with Crippen LogP contribution in [0.3, 0.4) is 0 Å². The van der Waals surface area contributed by atoms with Crippen LogP contribution in [0.1, 0.15) is 0 Å². The van der Waals surface area contributed by atoms with Crippen molar-refractivity contribution in [2.45, 2.75) is 0 Å². The zero-order valence-corrected chi connectivity index (χ0v) is 14.2. The van der Waals surface area contributed by atoms with Crippen LogP contribution >= 0.6 is 0 Å². The molecule has 4 rings (SSSR count). The topological polar surface area (TPSA) is 119 Å². The normalized spacial score (nSPS) is 10.7. The summed E-state index contributed by atoms with van der Waals surface area (Å²) in [6.45, 7) is 0. The van der Waals surface area contributed by atoms with Crippen LogP contribution in [-0.2, 0) is 0 Å². The molecule has 0 aliphatic carbocycles. The molecular formula is C18H14N6O3. The smallest absolute Gasteiger partial charge is 0.271 e. The minimum Gasteiger partial charge on any atom is -0.495 e. The van der Waals surface area contributed by atoms with Gasteiger partial charge in [0, 0.05) is 41.7 Å². The number of nitro benzene ring substituents is 1. The Morgan fingerprint density at radius 1 is 1.19 bits per heavy atom. The Morgan fingerprint density at radius 3 is 2.89 bits per heavy atom. The highest BCUT2D eigenvalue weighted by molar-refractivity contribution is 5.92. The van der Waals surface area contributed by atoms with Crippen molar-refractivity contribution in [2.24, 2.45) is 0 Å². The van der Waals surface area contributed by atoms with Crippen molar-refractivity contribution >= 4 is 28.4 Å². The molecule has 4 aromatic rings. The number of rotatable bonds is 5. The number of methoxy groups -OCH3 is 1. The molecule has 0 unspecified atom stereocenters. The van der Waals surface area contributed by atoms with Gasteiger partial charge in [-0.3, -0.25) is 10.1 Å². The van der Waals surface area contributed by atoms with E-state index in [-0.39, 0.29) is 5.69 Å². The van der Waals surface area contributed by atoms with E-state index in [1.165, 1.54) is 25.3 Å². The predicted molar refractivity (Wildman–Crippen MR) is 100 cm³/mol. The number of non-ortho nitro benzene ring substituents is 1. The summed E-state index contributed by atoms with van der Waals surface area (Å²) in [4.78, 5) is 26.7. The molecule has 0 fully saturated rings. The van der Waals surface area contributed by atoms with Gasteiger partial charge in [-0.05, 0) is 24.3 Å². The molecule has 0 aliphatic heterocycles. The van der Waals surface area contributed by atoms with E-state index in [0.29, 0.717) is 23.1 Å². The monoisotopic (exact) mass is 362 g/mol. The number of aromatic amines is 1. The van der Waals surface area contributed by atoms with Gasteiger partial charge in [0.2, 0.25) is 5.95 Å². The van der Waals surface area contributed by atoms with Crippen LogP contribution in [0.2, 0.25) is 0 Å². The van der Waals surface area contributed by atoms with Crippen LogP contribution < -0.4 is 10.1 Å². The summed E-state index contributed by atoms with van der Waals surface area (Å²) in [6, 6.07) is 9.87. The number of anilines is 2. The predicted octanol–water partition coefficient (Wildman–Crippen LogP) is 3.68. The summed E-state index contributed by atoms with van der Waals surface area (Å²) in [7, 11) is 1.49. The molecule has 0 atom stereocenters. The Labute approximate surface area is 153 Å². The highest BCUT2D eigenvalue weighted by Crippen LogP contribution is 2.31. The molecule has 134 valence electrons. The number of nitrogens with zero attached hydrogens (tertiary/aromatic N) is 4. The van der Waals surface area contributed by atoms with Crippen LogP contribution in [0, 0.1) is 10.1 Å². The van der Waals surface area contributed by atoms with E-state index < -0.39 is 4.92 Å². The standard InChI is InChI=1S/C18H14N6O3/c1-27-16-5-4-11(24(25)26)9-15(16)23-18-20-8-6-14(22-18)13-10-21-17-12(13)3-2-7-19-17/h2-10H,1H3,(H,19,21)(H,20,22,23). The van der Waals surface area contributed by atoms with E-state index in [1.54, 1.807) is 18.5 Å². The summed E-state index contributed by atoms with van der Waals surface area (Å²) in [5.41, 5.74) is 2.69. The molecule has 0 radical (unpaired) electrons. The lowest BCUT2D eigenvalue weighted by atomic mass is 10.1. The quantitative estimate of drug-likeness (QED) is 0.410. The Balaban J connectivity index is 1.72. The molecule has 0 saturated heterocycles. The van der Waals surface area contributed by atoms with Gasteiger partial charge in [0.25, 0.3) is 5.69 Å². The zero-order chi connectivity index (χ0) is 18.8. The van der Waals surface area contributed by atoms with Crippen LogP contribution in [0.4, 0.5) is 17.3 Å². The van der Waals surface area contributed by atoms with Crippen molar-refractivity contribution in [2.75, 3.05) is 12.4 Å². The van der Waals surface area contributed by atoms with Crippen LogP contribution in [0.5, 0.6) is 5.75 Å². The molecule has 0 amide bonds. The number of benzene rings is 1. The van der Waals surface area contributed by atoms with Gasteiger partial charge in [0.05, 0.1) is 23.4 Å². The molecule has 27 heavy (non-hydrogen) atoms. The lowest BCUT2D eigenvalue weighted by Crippen LogP contribution is -2.01. The molecule has 0 saturated carbocycles. The second-order valence-electron chi connectivity index (χ2n) is 5.63. The van der Waals surface area contributed by atoms with E-state index >= 15 is 0 Å². The fourth-order valence-electron chi connectivity index (χ4n) is 2.76. The minimum absolute atomic E-state index is 0.0582. The molecule has 3 aromatic heterocycles. The number of ether oxygens (including phenoxy) is 1. The number of hydrogen-bond donors (Lipinski definition) is 2. The molecule has 3 heterocycles. The summed E-state index contributed by atoms with van der Waals surface area (Å²) < 4.78 is 5.26. The van der Waals surface area contributed by atoms with Gasteiger partial charge in [-0.2, -0.15) is 0 Å². The Bertz CT molecular complexity index is 1140. The average Bonchev–Trinajstić information content (AvgIpc) is 3.12. The first-order valence-electron chi connectivity index (χ1n) is 8.00. The fraction of sp³-hybridized carbons (Fsp3) is 0.0556. The van der Waals surface area contributed by atoms with Crippen molar-refractivity contribution in [1.29, 1.82) is 0 Å². The summed E-state index contributed by atoms with van der Waals surface area (Å²) in [5.74, 6) is 0.746. The number of pyridine rings is 1. The third kappa shape index (κ3) is 3.13. The molecule has 9 nitrogen and oxygen atoms in total. The highest BCUT2D eigenvalue weighted by atomic mass is 16.6. The number of aromatic nitrogens is 4. The summed E-state index contributed by atoms with van der Waals surface area (Å²) >= 11 is 0. The van der Waals surface area contributed by atoms with Crippen LogP contribution in [0.15, 0.2) is 55.0 Å². The van der Waals surface area contributed by atoms with Gasteiger partial charge in [0.1, 0.15) is 11.4 Å². The molecule has 2 N–H and O–H groups in total. The largest absolute Gasteiger partial charge is 0.495 e. The van der Waals surface area contributed by atoms with E-state index in [2.05, 4.69) is 25.3 Å². The second kappa shape index (κ2) is 6.71.